The molecule has 0 bridgehead atoms. The van der Waals surface area contributed by atoms with Gasteiger partial charge in [0.2, 0.25) is 0 Å². The Bertz CT molecular complexity index is 322. The molecule has 0 amide bonds. The summed E-state index contributed by atoms with van der Waals surface area (Å²) in [5, 5.41) is 11.1. The second kappa shape index (κ2) is 4.27. The van der Waals surface area contributed by atoms with Gasteiger partial charge >= 0.3 is 0 Å². The van der Waals surface area contributed by atoms with Crippen molar-refractivity contribution in [2.75, 3.05) is 0 Å². The summed E-state index contributed by atoms with van der Waals surface area (Å²) in [5.74, 6) is 1.24. The van der Waals surface area contributed by atoms with E-state index in [4.69, 9.17) is 5.73 Å². The summed E-state index contributed by atoms with van der Waals surface area (Å²) in [4.78, 5) is 4.58. The van der Waals surface area contributed by atoms with Crippen molar-refractivity contribution in [2.24, 2.45) is 22.6 Å². The average Bonchev–Trinajstić information content (AvgIpc) is 2.64. The first-order chi connectivity index (χ1) is 8.23. The van der Waals surface area contributed by atoms with Crippen LogP contribution in [-0.2, 0) is 0 Å². The van der Waals surface area contributed by atoms with Gasteiger partial charge in [-0.2, -0.15) is 0 Å². The molecule has 0 saturated heterocycles. The minimum absolute atomic E-state index is 0.315. The highest BCUT2D eigenvalue weighted by Gasteiger charge is 2.54. The Labute approximate surface area is 103 Å². The van der Waals surface area contributed by atoms with E-state index >= 15 is 0 Å². The fourth-order valence-electron chi connectivity index (χ4n) is 4.31. The van der Waals surface area contributed by atoms with E-state index in [0.29, 0.717) is 23.7 Å². The van der Waals surface area contributed by atoms with Crippen LogP contribution < -0.4 is 5.73 Å². The molecule has 2 aliphatic carbocycles. The number of aliphatic imine (C=N–C) groups is 1. The highest BCUT2D eigenvalue weighted by molar-refractivity contribution is 5.91. The Morgan fingerprint density at radius 3 is 2.41 bits per heavy atom. The van der Waals surface area contributed by atoms with Gasteiger partial charge in [-0.05, 0) is 31.6 Å². The molecule has 2 saturated carbocycles. The molecule has 0 spiro atoms. The summed E-state index contributed by atoms with van der Waals surface area (Å²) >= 11 is 0. The van der Waals surface area contributed by atoms with E-state index in [0.717, 1.165) is 25.7 Å². The van der Waals surface area contributed by atoms with Crippen LogP contribution in [0.4, 0.5) is 0 Å². The predicted octanol–water partition coefficient (Wildman–Crippen LogP) is 2.23. The molecule has 3 rings (SSSR count). The fraction of sp³-hybridized carbons (Fsp3) is 0.929. The van der Waals surface area contributed by atoms with Crippen molar-refractivity contribution in [3.63, 3.8) is 0 Å². The van der Waals surface area contributed by atoms with E-state index in [9.17, 15) is 5.11 Å². The SMILES string of the molecule is NC1=NC2CCCCC2C1(O)C1CCCCC1. The van der Waals surface area contributed by atoms with Crippen LogP contribution in [0.3, 0.4) is 0 Å². The van der Waals surface area contributed by atoms with Crippen LogP contribution >= 0.6 is 0 Å². The summed E-state index contributed by atoms with van der Waals surface area (Å²) in [6, 6.07) is 0.315. The maximum Gasteiger partial charge on any atom is 0.129 e. The van der Waals surface area contributed by atoms with Crippen LogP contribution in [0, 0.1) is 11.8 Å². The number of nitrogens with zero attached hydrogens (tertiary/aromatic N) is 1. The van der Waals surface area contributed by atoms with Crippen LogP contribution in [0.5, 0.6) is 0 Å². The van der Waals surface area contributed by atoms with Gasteiger partial charge in [0.1, 0.15) is 11.4 Å². The highest BCUT2D eigenvalue weighted by Crippen LogP contribution is 2.47. The Balaban J connectivity index is 1.86. The van der Waals surface area contributed by atoms with Crippen LogP contribution in [0.2, 0.25) is 0 Å². The molecule has 1 heterocycles. The molecule has 3 aliphatic rings. The quantitative estimate of drug-likeness (QED) is 0.733. The molecule has 0 aromatic rings. The number of hydrogen-bond acceptors (Lipinski definition) is 3. The number of rotatable bonds is 1. The van der Waals surface area contributed by atoms with Gasteiger partial charge in [-0.15, -0.1) is 0 Å². The van der Waals surface area contributed by atoms with Gasteiger partial charge in [0.25, 0.3) is 0 Å². The lowest BCUT2D eigenvalue weighted by Crippen LogP contribution is -2.54. The summed E-state index contributed by atoms with van der Waals surface area (Å²) in [5.41, 5.74) is 5.35. The van der Waals surface area contributed by atoms with Crippen LogP contribution in [-0.4, -0.2) is 22.6 Å². The lowest BCUT2D eigenvalue weighted by Gasteiger charge is -2.42. The third-order valence-electron chi connectivity index (χ3n) is 5.24. The number of fused-ring (bicyclic) bond motifs is 1. The molecule has 0 aromatic heterocycles. The number of hydrogen-bond donors (Lipinski definition) is 2. The minimum Gasteiger partial charge on any atom is -0.385 e. The zero-order chi connectivity index (χ0) is 11.9. The van der Waals surface area contributed by atoms with E-state index < -0.39 is 5.60 Å². The largest absolute Gasteiger partial charge is 0.385 e. The third kappa shape index (κ3) is 1.70. The van der Waals surface area contributed by atoms with Crippen molar-refractivity contribution >= 4 is 5.84 Å². The molecule has 3 atom stereocenters. The lowest BCUT2D eigenvalue weighted by molar-refractivity contribution is -0.0295. The van der Waals surface area contributed by atoms with Gasteiger partial charge < -0.3 is 10.8 Å². The van der Waals surface area contributed by atoms with Gasteiger partial charge in [-0.1, -0.05) is 32.1 Å². The second-order valence-electron chi connectivity index (χ2n) is 6.13. The Morgan fingerprint density at radius 2 is 1.65 bits per heavy atom. The number of aliphatic hydroxyl groups is 1. The summed E-state index contributed by atoms with van der Waals surface area (Å²) in [7, 11) is 0. The van der Waals surface area contributed by atoms with Crippen molar-refractivity contribution < 1.29 is 5.11 Å². The van der Waals surface area contributed by atoms with Gasteiger partial charge in [0.05, 0.1) is 6.04 Å². The zero-order valence-corrected chi connectivity index (χ0v) is 10.6. The predicted molar refractivity (Wildman–Crippen MR) is 68.9 cm³/mol. The average molecular weight is 236 g/mol. The molecular weight excluding hydrogens is 212 g/mol. The first kappa shape index (κ1) is 11.5. The van der Waals surface area contributed by atoms with E-state index in [1.165, 1.54) is 32.1 Å². The van der Waals surface area contributed by atoms with Gasteiger partial charge in [0, 0.05) is 5.92 Å². The molecular formula is C14H24N2O. The monoisotopic (exact) mass is 236 g/mol. The normalized spacial score (nSPS) is 43.2. The van der Waals surface area contributed by atoms with Gasteiger partial charge in [-0.25, -0.2) is 0 Å². The van der Waals surface area contributed by atoms with Crippen LogP contribution in [0.15, 0.2) is 4.99 Å². The highest BCUT2D eigenvalue weighted by atomic mass is 16.3. The minimum atomic E-state index is -0.758. The van der Waals surface area contributed by atoms with Gasteiger partial charge in [-0.3, -0.25) is 4.99 Å². The zero-order valence-electron chi connectivity index (χ0n) is 10.6. The standard InChI is InChI=1S/C14H24N2O/c15-13-14(17,10-6-2-1-3-7-10)11-8-4-5-9-12(11)16-13/h10-12,17H,1-9H2,(H2,15,16). The Hall–Kier alpha value is -0.570. The molecule has 2 fully saturated rings. The molecule has 0 radical (unpaired) electrons. The first-order valence-electron chi connectivity index (χ1n) is 7.29. The van der Waals surface area contributed by atoms with Crippen molar-refractivity contribution in [1.29, 1.82) is 0 Å². The maximum absolute atomic E-state index is 11.1. The molecule has 1 aliphatic heterocycles. The van der Waals surface area contributed by atoms with Crippen LogP contribution in [0.1, 0.15) is 57.8 Å². The molecule has 0 aromatic carbocycles. The fourth-order valence-corrected chi connectivity index (χ4v) is 4.31. The van der Waals surface area contributed by atoms with Crippen molar-refractivity contribution in [1.82, 2.24) is 0 Å². The van der Waals surface area contributed by atoms with Crippen molar-refractivity contribution in [3.05, 3.63) is 0 Å². The maximum atomic E-state index is 11.1. The number of nitrogens with two attached hydrogens (primary N) is 1. The van der Waals surface area contributed by atoms with E-state index in [2.05, 4.69) is 4.99 Å². The number of amidine groups is 1. The molecule has 17 heavy (non-hydrogen) atoms. The lowest BCUT2D eigenvalue weighted by atomic mass is 9.66. The Kier molecular flexibility index (Phi) is 2.89. The Morgan fingerprint density at radius 1 is 1.00 bits per heavy atom. The smallest absolute Gasteiger partial charge is 0.129 e. The molecule has 3 N–H and O–H groups in total. The summed E-state index contributed by atoms with van der Waals surface area (Å²) in [6.45, 7) is 0. The van der Waals surface area contributed by atoms with E-state index in [1.807, 2.05) is 0 Å². The van der Waals surface area contributed by atoms with Crippen LogP contribution in [0.25, 0.3) is 0 Å². The molecule has 3 nitrogen and oxygen atoms in total. The van der Waals surface area contributed by atoms with Gasteiger partial charge in [0.15, 0.2) is 0 Å². The van der Waals surface area contributed by atoms with E-state index in [-0.39, 0.29) is 0 Å². The van der Waals surface area contributed by atoms with Crippen molar-refractivity contribution in [3.8, 4) is 0 Å². The third-order valence-corrected chi connectivity index (χ3v) is 5.24. The topological polar surface area (TPSA) is 58.6 Å². The molecule has 3 unspecified atom stereocenters. The molecule has 3 heteroatoms. The molecule has 96 valence electrons. The van der Waals surface area contributed by atoms with E-state index in [1.54, 1.807) is 0 Å². The second-order valence-corrected chi connectivity index (χ2v) is 6.13. The summed E-state index contributed by atoms with van der Waals surface area (Å²) in [6.07, 6.45) is 10.8. The summed E-state index contributed by atoms with van der Waals surface area (Å²) < 4.78 is 0. The first-order valence-corrected chi connectivity index (χ1v) is 7.29. The van der Waals surface area contributed by atoms with Crippen molar-refractivity contribution in [2.45, 2.75) is 69.4 Å².